The zero-order valence-electron chi connectivity index (χ0n) is 16.0. The van der Waals surface area contributed by atoms with Crippen molar-refractivity contribution in [1.29, 1.82) is 0 Å². The SMILES string of the molecule is CCCCCCCC(=O)N1C(=O)CCc2ccc(OCCCCN)cc21. The molecule has 5 nitrogen and oxygen atoms in total. The van der Waals surface area contributed by atoms with Crippen LogP contribution in [0.3, 0.4) is 0 Å². The largest absolute Gasteiger partial charge is 0.494 e. The Labute approximate surface area is 156 Å². The highest BCUT2D eigenvalue weighted by Gasteiger charge is 2.29. The summed E-state index contributed by atoms with van der Waals surface area (Å²) in [6.07, 6.45) is 8.73. The Balaban J connectivity index is 2.01. The van der Waals surface area contributed by atoms with Gasteiger partial charge in [0.2, 0.25) is 11.8 Å². The normalized spacial score (nSPS) is 13.6. The van der Waals surface area contributed by atoms with Crippen molar-refractivity contribution in [2.45, 2.75) is 71.1 Å². The van der Waals surface area contributed by atoms with E-state index in [0.29, 0.717) is 43.9 Å². The van der Waals surface area contributed by atoms with Crippen molar-refractivity contribution in [1.82, 2.24) is 0 Å². The number of anilines is 1. The van der Waals surface area contributed by atoms with Crippen molar-refractivity contribution in [2.24, 2.45) is 5.73 Å². The first-order chi connectivity index (χ1) is 12.7. The average Bonchev–Trinajstić information content (AvgIpc) is 2.64. The van der Waals surface area contributed by atoms with Crippen LogP contribution in [0.25, 0.3) is 0 Å². The van der Waals surface area contributed by atoms with Crippen LogP contribution in [0.1, 0.15) is 70.3 Å². The Morgan fingerprint density at radius 2 is 1.92 bits per heavy atom. The first-order valence-electron chi connectivity index (χ1n) is 9.99. The van der Waals surface area contributed by atoms with Crippen LogP contribution >= 0.6 is 0 Å². The maximum absolute atomic E-state index is 12.7. The van der Waals surface area contributed by atoms with Gasteiger partial charge in [0.25, 0.3) is 0 Å². The number of imide groups is 1. The minimum atomic E-state index is -0.101. The van der Waals surface area contributed by atoms with E-state index in [1.807, 2.05) is 18.2 Å². The summed E-state index contributed by atoms with van der Waals surface area (Å²) in [5, 5.41) is 0. The number of benzene rings is 1. The van der Waals surface area contributed by atoms with E-state index in [4.69, 9.17) is 10.5 Å². The molecule has 0 radical (unpaired) electrons. The van der Waals surface area contributed by atoms with E-state index in [0.717, 1.165) is 37.7 Å². The van der Waals surface area contributed by atoms with Crippen LogP contribution in [0.4, 0.5) is 5.69 Å². The van der Waals surface area contributed by atoms with E-state index in [-0.39, 0.29) is 11.8 Å². The molecule has 1 aliphatic heterocycles. The predicted octanol–water partition coefficient (Wildman–Crippen LogP) is 3.97. The molecule has 1 heterocycles. The van der Waals surface area contributed by atoms with Gasteiger partial charge in [-0.05, 0) is 43.9 Å². The summed E-state index contributed by atoms with van der Waals surface area (Å²) in [7, 11) is 0. The maximum Gasteiger partial charge on any atom is 0.234 e. The van der Waals surface area contributed by atoms with Crippen molar-refractivity contribution in [2.75, 3.05) is 18.1 Å². The van der Waals surface area contributed by atoms with Gasteiger partial charge in [-0.15, -0.1) is 0 Å². The lowest BCUT2D eigenvalue weighted by Crippen LogP contribution is -2.40. The molecule has 26 heavy (non-hydrogen) atoms. The lowest BCUT2D eigenvalue weighted by atomic mass is 10.00. The highest BCUT2D eigenvalue weighted by molar-refractivity contribution is 6.16. The summed E-state index contributed by atoms with van der Waals surface area (Å²) in [6, 6.07) is 5.73. The number of carbonyl (C=O) groups is 2. The topological polar surface area (TPSA) is 72.6 Å². The molecule has 1 aromatic rings. The summed E-state index contributed by atoms with van der Waals surface area (Å²) < 4.78 is 5.76. The summed E-state index contributed by atoms with van der Waals surface area (Å²) in [5.74, 6) is 0.514. The third-order valence-corrected chi connectivity index (χ3v) is 4.77. The Hall–Kier alpha value is -1.88. The van der Waals surface area contributed by atoms with Gasteiger partial charge in [0, 0.05) is 18.9 Å². The van der Waals surface area contributed by atoms with E-state index in [2.05, 4.69) is 6.92 Å². The molecular formula is C21H32N2O3. The molecule has 5 heteroatoms. The highest BCUT2D eigenvalue weighted by atomic mass is 16.5. The predicted molar refractivity (Wildman–Crippen MR) is 104 cm³/mol. The average molecular weight is 360 g/mol. The van der Waals surface area contributed by atoms with Gasteiger partial charge in [-0.1, -0.05) is 38.7 Å². The quantitative estimate of drug-likeness (QED) is 0.606. The lowest BCUT2D eigenvalue weighted by molar-refractivity contribution is -0.126. The number of hydrogen-bond acceptors (Lipinski definition) is 4. The number of nitrogens with two attached hydrogens (primary N) is 1. The van der Waals surface area contributed by atoms with E-state index in [1.54, 1.807) is 0 Å². The van der Waals surface area contributed by atoms with Crippen LogP contribution in [-0.4, -0.2) is 25.0 Å². The molecule has 0 spiro atoms. The summed E-state index contributed by atoms with van der Waals surface area (Å²) in [5.41, 5.74) is 7.24. The van der Waals surface area contributed by atoms with Gasteiger partial charge in [0.1, 0.15) is 5.75 Å². The van der Waals surface area contributed by atoms with Crippen LogP contribution in [0.5, 0.6) is 5.75 Å². The van der Waals surface area contributed by atoms with Gasteiger partial charge in [0.15, 0.2) is 0 Å². The maximum atomic E-state index is 12.7. The Morgan fingerprint density at radius 1 is 1.12 bits per heavy atom. The fourth-order valence-corrected chi connectivity index (χ4v) is 3.24. The standard InChI is InChI=1S/C21H32N2O3/c1-2-3-4-5-6-9-20(24)23-19-16-18(26-15-8-7-14-22)12-10-17(19)11-13-21(23)25/h10,12,16H,2-9,11,13-15,22H2,1H3. The second-order valence-electron chi connectivity index (χ2n) is 6.92. The summed E-state index contributed by atoms with van der Waals surface area (Å²) in [6.45, 7) is 3.42. The van der Waals surface area contributed by atoms with E-state index >= 15 is 0 Å². The first kappa shape index (κ1) is 20.4. The fourth-order valence-electron chi connectivity index (χ4n) is 3.24. The third-order valence-electron chi connectivity index (χ3n) is 4.77. The number of hydrogen-bond donors (Lipinski definition) is 1. The molecule has 0 aliphatic carbocycles. The third kappa shape index (κ3) is 5.84. The number of amides is 2. The van der Waals surface area contributed by atoms with Gasteiger partial charge in [0.05, 0.1) is 12.3 Å². The van der Waals surface area contributed by atoms with Gasteiger partial charge < -0.3 is 10.5 Å². The lowest BCUT2D eigenvalue weighted by Gasteiger charge is -2.28. The van der Waals surface area contributed by atoms with E-state index in [1.165, 1.54) is 17.7 Å². The minimum absolute atomic E-state index is 0.0901. The smallest absolute Gasteiger partial charge is 0.234 e. The molecule has 144 valence electrons. The molecule has 0 saturated heterocycles. The number of aryl methyl sites for hydroxylation is 1. The molecule has 0 saturated carbocycles. The molecule has 2 amide bonds. The molecule has 0 bridgehead atoms. The highest BCUT2D eigenvalue weighted by Crippen LogP contribution is 2.32. The number of unbranched alkanes of at least 4 members (excludes halogenated alkanes) is 5. The number of ether oxygens (including phenoxy) is 1. The number of rotatable bonds is 11. The molecule has 0 unspecified atom stereocenters. The minimum Gasteiger partial charge on any atom is -0.494 e. The second-order valence-corrected chi connectivity index (χ2v) is 6.92. The van der Waals surface area contributed by atoms with Crippen LogP contribution in [0.15, 0.2) is 18.2 Å². The van der Waals surface area contributed by atoms with Crippen LogP contribution < -0.4 is 15.4 Å². The number of nitrogens with zero attached hydrogens (tertiary/aromatic N) is 1. The number of fused-ring (bicyclic) bond motifs is 1. The van der Waals surface area contributed by atoms with Gasteiger partial charge >= 0.3 is 0 Å². The second kappa shape index (κ2) is 11.0. The van der Waals surface area contributed by atoms with Gasteiger partial charge in [-0.2, -0.15) is 0 Å². The molecular weight excluding hydrogens is 328 g/mol. The molecule has 2 N–H and O–H groups in total. The first-order valence-corrected chi connectivity index (χ1v) is 9.99. The zero-order valence-corrected chi connectivity index (χ0v) is 16.0. The molecule has 0 fully saturated rings. The van der Waals surface area contributed by atoms with Crippen molar-refractivity contribution >= 4 is 17.5 Å². The van der Waals surface area contributed by atoms with Gasteiger partial charge in [-0.3, -0.25) is 14.5 Å². The van der Waals surface area contributed by atoms with Crippen molar-refractivity contribution < 1.29 is 14.3 Å². The van der Waals surface area contributed by atoms with E-state index in [9.17, 15) is 9.59 Å². The molecule has 1 aromatic carbocycles. The Morgan fingerprint density at radius 3 is 2.69 bits per heavy atom. The summed E-state index contributed by atoms with van der Waals surface area (Å²) >= 11 is 0. The van der Waals surface area contributed by atoms with Crippen LogP contribution in [0.2, 0.25) is 0 Å². The van der Waals surface area contributed by atoms with Crippen molar-refractivity contribution in [3.05, 3.63) is 23.8 Å². The van der Waals surface area contributed by atoms with Crippen LogP contribution in [0, 0.1) is 0 Å². The van der Waals surface area contributed by atoms with Crippen molar-refractivity contribution in [3.63, 3.8) is 0 Å². The Bertz CT molecular complexity index is 601. The number of carbonyl (C=O) groups excluding carboxylic acids is 2. The molecule has 0 aromatic heterocycles. The van der Waals surface area contributed by atoms with Gasteiger partial charge in [-0.25, -0.2) is 0 Å². The fraction of sp³-hybridized carbons (Fsp3) is 0.619. The monoisotopic (exact) mass is 360 g/mol. The summed E-state index contributed by atoms with van der Waals surface area (Å²) in [4.78, 5) is 26.4. The van der Waals surface area contributed by atoms with Crippen LogP contribution in [-0.2, 0) is 16.0 Å². The molecule has 1 aliphatic rings. The zero-order chi connectivity index (χ0) is 18.8. The molecule has 2 rings (SSSR count). The van der Waals surface area contributed by atoms with E-state index < -0.39 is 0 Å². The molecule has 0 atom stereocenters. The Kier molecular flexibility index (Phi) is 8.62. The van der Waals surface area contributed by atoms with Crippen molar-refractivity contribution in [3.8, 4) is 5.75 Å².